The van der Waals surface area contributed by atoms with E-state index in [1.54, 1.807) is 42.1 Å². The number of ether oxygens (including phenoxy) is 1. The van der Waals surface area contributed by atoms with Crippen LogP contribution < -0.4 is 4.74 Å². The van der Waals surface area contributed by atoms with Crippen LogP contribution in [0.15, 0.2) is 65.6 Å². The van der Waals surface area contributed by atoms with Gasteiger partial charge < -0.3 is 4.74 Å². The first-order chi connectivity index (χ1) is 12.2. The van der Waals surface area contributed by atoms with Crippen LogP contribution in [0.5, 0.6) is 11.6 Å². The Morgan fingerprint density at radius 1 is 0.960 bits per heavy atom. The van der Waals surface area contributed by atoms with Crippen molar-refractivity contribution in [2.24, 2.45) is 0 Å². The van der Waals surface area contributed by atoms with Crippen LogP contribution in [-0.4, -0.2) is 26.1 Å². The molecule has 0 fully saturated rings. The molecule has 0 radical (unpaired) electrons. The molecule has 124 valence electrons. The van der Waals surface area contributed by atoms with E-state index in [2.05, 4.69) is 15.3 Å². The minimum absolute atomic E-state index is 0.330. The normalized spacial score (nSPS) is 11.0. The molecule has 4 aromatic rings. The standard InChI is InChI=1S/C18H13FN4OS/c1-25-13-8-6-12(7-9-13)24-17-11-10-16-20-21-18(23(16)22-17)14-4-2-3-5-15(14)19/h2-11H,1H3. The van der Waals surface area contributed by atoms with Crippen molar-refractivity contribution in [1.29, 1.82) is 0 Å². The predicted octanol–water partition coefficient (Wildman–Crippen LogP) is 4.44. The van der Waals surface area contributed by atoms with E-state index in [1.165, 1.54) is 10.6 Å². The summed E-state index contributed by atoms with van der Waals surface area (Å²) in [5.41, 5.74) is 0.854. The van der Waals surface area contributed by atoms with Gasteiger partial charge in [-0.1, -0.05) is 12.1 Å². The lowest BCUT2D eigenvalue weighted by Gasteiger charge is -2.06. The van der Waals surface area contributed by atoms with Crippen molar-refractivity contribution in [3.8, 4) is 23.0 Å². The lowest BCUT2D eigenvalue weighted by Crippen LogP contribution is -1.98. The van der Waals surface area contributed by atoms with Gasteiger partial charge in [0.05, 0.1) is 5.56 Å². The predicted molar refractivity (Wildman–Crippen MR) is 94.5 cm³/mol. The number of halogens is 1. The highest BCUT2D eigenvalue weighted by Crippen LogP contribution is 2.25. The molecule has 0 atom stereocenters. The maximum Gasteiger partial charge on any atom is 0.237 e. The minimum atomic E-state index is -0.377. The molecule has 0 aliphatic rings. The van der Waals surface area contributed by atoms with Gasteiger partial charge in [0.25, 0.3) is 0 Å². The smallest absolute Gasteiger partial charge is 0.237 e. The quantitative estimate of drug-likeness (QED) is 0.508. The monoisotopic (exact) mass is 352 g/mol. The second-order valence-corrected chi connectivity index (χ2v) is 6.10. The molecule has 5 nitrogen and oxygen atoms in total. The number of hydrogen-bond acceptors (Lipinski definition) is 5. The van der Waals surface area contributed by atoms with E-state index >= 15 is 0 Å². The molecule has 0 aliphatic heterocycles. The molecule has 2 aromatic heterocycles. The summed E-state index contributed by atoms with van der Waals surface area (Å²) in [4.78, 5) is 1.15. The fraction of sp³-hybridized carbons (Fsp3) is 0.0556. The molecule has 0 saturated carbocycles. The van der Waals surface area contributed by atoms with Gasteiger partial charge in [-0.05, 0) is 48.7 Å². The number of rotatable bonds is 4. The average molecular weight is 352 g/mol. The maximum absolute atomic E-state index is 14.1. The molecule has 0 spiro atoms. The van der Waals surface area contributed by atoms with E-state index in [4.69, 9.17) is 4.74 Å². The van der Waals surface area contributed by atoms with Crippen molar-refractivity contribution in [3.05, 3.63) is 66.5 Å². The van der Waals surface area contributed by atoms with E-state index < -0.39 is 0 Å². The fourth-order valence-electron chi connectivity index (χ4n) is 2.40. The van der Waals surface area contributed by atoms with Gasteiger partial charge in [-0.25, -0.2) is 4.39 Å². The molecule has 0 aliphatic carbocycles. The van der Waals surface area contributed by atoms with Gasteiger partial charge in [0.2, 0.25) is 5.88 Å². The molecule has 0 N–H and O–H groups in total. The van der Waals surface area contributed by atoms with Crippen molar-refractivity contribution >= 4 is 17.4 Å². The van der Waals surface area contributed by atoms with Gasteiger partial charge in [-0.2, -0.15) is 4.52 Å². The molecular formula is C18H13FN4OS. The van der Waals surface area contributed by atoms with E-state index in [0.717, 1.165) is 4.90 Å². The van der Waals surface area contributed by atoms with Crippen LogP contribution in [0, 0.1) is 5.82 Å². The van der Waals surface area contributed by atoms with E-state index in [1.807, 2.05) is 30.5 Å². The first-order valence-electron chi connectivity index (χ1n) is 7.54. The highest BCUT2D eigenvalue weighted by Gasteiger charge is 2.14. The Hall–Kier alpha value is -2.93. The highest BCUT2D eigenvalue weighted by atomic mass is 32.2. The molecule has 4 rings (SSSR count). The first kappa shape index (κ1) is 15.6. The zero-order chi connectivity index (χ0) is 17.2. The molecule has 25 heavy (non-hydrogen) atoms. The van der Waals surface area contributed by atoms with E-state index in [9.17, 15) is 4.39 Å². The third-order valence-corrected chi connectivity index (χ3v) is 4.38. The van der Waals surface area contributed by atoms with Crippen LogP contribution in [0.25, 0.3) is 17.0 Å². The fourth-order valence-corrected chi connectivity index (χ4v) is 2.81. The van der Waals surface area contributed by atoms with Crippen LogP contribution in [0.2, 0.25) is 0 Å². The molecule has 0 amide bonds. The van der Waals surface area contributed by atoms with Crippen LogP contribution in [-0.2, 0) is 0 Å². The maximum atomic E-state index is 14.1. The van der Waals surface area contributed by atoms with Crippen LogP contribution in [0.1, 0.15) is 0 Å². The number of hydrogen-bond donors (Lipinski definition) is 0. The van der Waals surface area contributed by atoms with Crippen molar-refractivity contribution in [2.75, 3.05) is 6.26 Å². The SMILES string of the molecule is CSc1ccc(Oc2ccc3nnc(-c4ccccc4F)n3n2)cc1. The molecule has 0 saturated heterocycles. The number of thioether (sulfide) groups is 1. The van der Waals surface area contributed by atoms with Gasteiger partial charge in [0.1, 0.15) is 11.6 Å². The summed E-state index contributed by atoms with van der Waals surface area (Å²) in [6, 6.07) is 17.5. The van der Waals surface area contributed by atoms with Gasteiger partial charge in [-0.3, -0.25) is 0 Å². The topological polar surface area (TPSA) is 52.3 Å². The summed E-state index contributed by atoms with van der Waals surface area (Å²) < 4.78 is 21.3. The molecule has 2 heterocycles. The molecule has 0 unspecified atom stereocenters. The zero-order valence-electron chi connectivity index (χ0n) is 13.3. The minimum Gasteiger partial charge on any atom is -0.438 e. The van der Waals surface area contributed by atoms with E-state index in [0.29, 0.717) is 28.7 Å². The summed E-state index contributed by atoms with van der Waals surface area (Å²) in [5.74, 6) is 1.00. The Morgan fingerprint density at radius 2 is 1.76 bits per heavy atom. The first-order valence-corrected chi connectivity index (χ1v) is 8.76. The van der Waals surface area contributed by atoms with Crippen molar-refractivity contribution in [3.63, 3.8) is 0 Å². The summed E-state index contributed by atoms with van der Waals surface area (Å²) in [6.07, 6.45) is 2.02. The summed E-state index contributed by atoms with van der Waals surface area (Å²) >= 11 is 1.66. The number of benzene rings is 2. The second kappa shape index (κ2) is 6.52. The zero-order valence-corrected chi connectivity index (χ0v) is 14.1. The Morgan fingerprint density at radius 3 is 2.52 bits per heavy atom. The van der Waals surface area contributed by atoms with Gasteiger partial charge >= 0.3 is 0 Å². The molecule has 7 heteroatoms. The van der Waals surface area contributed by atoms with Crippen LogP contribution in [0.3, 0.4) is 0 Å². The van der Waals surface area contributed by atoms with E-state index in [-0.39, 0.29) is 5.82 Å². The largest absolute Gasteiger partial charge is 0.438 e. The van der Waals surface area contributed by atoms with Gasteiger partial charge in [-0.15, -0.1) is 27.1 Å². The van der Waals surface area contributed by atoms with Gasteiger partial charge in [0.15, 0.2) is 11.5 Å². The molecular weight excluding hydrogens is 339 g/mol. The Kier molecular flexibility index (Phi) is 4.07. The summed E-state index contributed by atoms with van der Waals surface area (Å²) in [5, 5.41) is 12.5. The van der Waals surface area contributed by atoms with Crippen molar-refractivity contribution in [2.45, 2.75) is 4.90 Å². The number of nitrogens with zero attached hydrogens (tertiary/aromatic N) is 4. The van der Waals surface area contributed by atoms with Gasteiger partial charge in [0, 0.05) is 11.0 Å². The Labute approximate surface area is 147 Å². The summed E-state index contributed by atoms with van der Waals surface area (Å²) in [6.45, 7) is 0. The third kappa shape index (κ3) is 3.06. The molecule has 2 aromatic carbocycles. The van der Waals surface area contributed by atoms with Crippen LogP contribution >= 0.6 is 11.8 Å². The van der Waals surface area contributed by atoms with Crippen LogP contribution in [0.4, 0.5) is 4.39 Å². The highest BCUT2D eigenvalue weighted by molar-refractivity contribution is 7.98. The average Bonchev–Trinajstić information content (AvgIpc) is 3.06. The number of aromatic nitrogens is 4. The lowest BCUT2D eigenvalue weighted by molar-refractivity contribution is 0.452. The van der Waals surface area contributed by atoms with Crippen molar-refractivity contribution in [1.82, 2.24) is 19.8 Å². The molecule has 0 bridgehead atoms. The summed E-state index contributed by atoms with van der Waals surface area (Å²) in [7, 11) is 0. The Bertz CT molecular complexity index is 1030. The second-order valence-electron chi connectivity index (χ2n) is 5.22. The van der Waals surface area contributed by atoms with Crippen molar-refractivity contribution < 1.29 is 9.13 Å². The lowest BCUT2D eigenvalue weighted by atomic mass is 10.2. The Balaban J connectivity index is 1.72. The number of fused-ring (bicyclic) bond motifs is 1. The third-order valence-electron chi connectivity index (χ3n) is 3.63.